The maximum absolute atomic E-state index is 13.7. The van der Waals surface area contributed by atoms with Crippen molar-refractivity contribution in [2.24, 2.45) is 5.73 Å². The van der Waals surface area contributed by atoms with Gasteiger partial charge in [-0.3, -0.25) is 0 Å². The molecule has 0 spiro atoms. The lowest BCUT2D eigenvalue weighted by Gasteiger charge is -2.25. The molecule has 0 bridgehead atoms. The highest BCUT2D eigenvalue weighted by Crippen LogP contribution is 2.19. The highest BCUT2D eigenvalue weighted by Gasteiger charge is 2.21. The molecule has 2 N–H and O–H groups in total. The van der Waals surface area contributed by atoms with Crippen LogP contribution in [-0.4, -0.2) is 5.54 Å². The smallest absolute Gasteiger partial charge is 0.126 e. The van der Waals surface area contributed by atoms with Gasteiger partial charge in [-0.15, -0.1) is 0 Å². The number of rotatable bonds is 4. The molecule has 0 radical (unpaired) electrons. The van der Waals surface area contributed by atoms with Crippen LogP contribution in [-0.2, 0) is 12.8 Å². The van der Waals surface area contributed by atoms with Gasteiger partial charge in [0, 0.05) is 9.11 Å². The summed E-state index contributed by atoms with van der Waals surface area (Å²) in [5, 5.41) is 0. The van der Waals surface area contributed by atoms with E-state index in [0.717, 1.165) is 6.42 Å². The van der Waals surface area contributed by atoms with Gasteiger partial charge in [0.05, 0.1) is 0 Å². The summed E-state index contributed by atoms with van der Waals surface area (Å²) in [5.41, 5.74) is 7.73. The average Bonchev–Trinajstić information content (AvgIpc) is 2.35. The van der Waals surface area contributed by atoms with E-state index in [1.165, 1.54) is 15.2 Å². The predicted octanol–water partition coefficient (Wildman–Crippen LogP) is 3.93. The minimum atomic E-state index is -0.449. The zero-order chi connectivity index (χ0) is 13.9. The van der Waals surface area contributed by atoms with Gasteiger partial charge >= 0.3 is 0 Å². The Morgan fingerprint density at radius 2 is 1.68 bits per heavy atom. The first-order chi connectivity index (χ1) is 8.96. The Hall–Kier alpha value is -0.940. The first kappa shape index (κ1) is 14.5. The molecule has 19 heavy (non-hydrogen) atoms. The lowest BCUT2D eigenvalue weighted by Crippen LogP contribution is -2.41. The van der Waals surface area contributed by atoms with Crippen LogP contribution >= 0.6 is 22.6 Å². The van der Waals surface area contributed by atoms with Crippen molar-refractivity contribution in [3.05, 3.63) is 69.0 Å². The second-order valence-electron chi connectivity index (χ2n) is 5.23. The summed E-state index contributed by atoms with van der Waals surface area (Å²) in [4.78, 5) is 0. The van der Waals surface area contributed by atoms with Crippen molar-refractivity contribution in [2.75, 3.05) is 0 Å². The molecule has 0 aliphatic heterocycles. The maximum Gasteiger partial charge on any atom is 0.126 e. The molecule has 3 heteroatoms. The quantitative estimate of drug-likeness (QED) is 0.812. The molecular weight excluding hydrogens is 352 g/mol. The third-order valence-corrected chi connectivity index (χ3v) is 3.79. The Morgan fingerprint density at radius 3 is 2.32 bits per heavy atom. The van der Waals surface area contributed by atoms with Gasteiger partial charge in [0.1, 0.15) is 5.82 Å². The summed E-state index contributed by atoms with van der Waals surface area (Å²) in [6.07, 6.45) is 1.27. The van der Waals surface area contributed by atoms with Gasteiger partial charge in [0.15, 0.2) is 0 Å². The number of hydrogen-bond donors (Lipinski definition) is 1. The largest absolute Gasteiger partial charge is 0.325 e. The van der Waals surface area contributed by atoms with Gasteiger partial charge in [-0.05, 0) is 71.7 Å². The van der Waals surface area contributed by atoms with Gasteiger partial charge in [-0.1, -0.05) is 30.3 Å². The average molecular weight is 369 g/mol. The second kappa shape index (κ2) is 6.01. The molecule has 0 saturated carbocycles. The first-order valence-corrected chi connectivity index (χ1v) is 7.31. The van der Waals surface area contributed by atoms with Crippen LogP contribution in [0.25, 0.3) is 0 Å². The predicted molar refractivity (Wildman–Crippen MR) is 85.6 cm³/mol. The molecule has 2 rings (SSSR count). The van der Waals surface area contributed by atoms with Crippen molar-refractivity contribution < 1.29 is 4.39 Å². The van der Waals surface area contributed by atoms with Gasteiger partial charge in [-0.25, -0.2) is 4.39 Å². The molecule has 0 heterocycles. The standard InChI is InChI=1S/C16H17FIN/c1-16(19,10-12-6-8-14(18)9-7-12)11-13-4-2-3-5-15(13)17/h2-9H,10-11,19H2,1H3. The van der Waals surface area contributed by atoms with E-state index in [1.807, 2.05) is 13.0 Å². The summed E-state index contributed by atoms with van der Waals surface area (Å²) in [6.45, 7) is 1.97. The third-order valence-electron chi connectivity index (χ3n) is 3.07. The van der Waals surface area contributed by atoms with Crippen molar-refractivity contribution in [1.29, 1.82) is 0 Å². The Bertz CT molecular complexity index is 549. The van der Waals surface area contributed by atoms with Crippen molar-refractivity contribution in [3.63, 3.8) is 0 Å². The molecule has 0 amide bonds. The zero-order valence-electron chi connectivity index (χ0n) is 10.9. The molecule has 0 saturated heterocycles. The summed E-state index contributed by atoms with van der Waals surface area (Å²) >= 11 is 2.28. The Morgan fingerprint density at radius 1 is 1.05 bits per heavy atom. The number of hydrogen-bond acceptors (Lipinski definition) is 1. The molecule has 0 aliphatic rings. The normalized spacial score (nSPS) is 14.1. The maximum atomic E-state index is 13.7. The van der Waals surface area contributed by atoms with E-state index in [9.17, 15) is 4.39 Å². The Kier molecular flexibility index (Phi) is 4.58. The number of halogens is 2. The Balaban J connectivity index is 2.10. The summed E-state index contributed by atoms with van der Waals surface area (Å²) < 4.78 is 14.9. The van der Waals surface area contributed by atoms with Crippen LogP contribution in [0.2, 0.25) is 0 Å². The van der Waals surface area contributed by atoms with Crippen LogP contribution in [0.5, 0.6) is 0 Å². The van der Waals surface area contributed by atoms with Crippen LogP contribution in [0.1, 0.15) is 18.1 Å². The molecular formula is C16H17FIN. The van der Waals surface area contributed by atoms with Crippen molar-refractivity contribution in [3.8, 4) is 0 Å². The van der Waals surface area contributed by atoms with Crippen LogP contribution in [0.3, 0.4) is 0 Å². The van der Waals surface area contributed by atoms with Gasteiger partial charge in [0.25, 0.3) is 0 Å². The minimum Gasteiger partial charge on any atom is -0.325 e. The van der Waals surface area contributed by atoms with E-state index in [0.29, 0.717) is 12.0 Å². The minimum absolute atomic E-state index is 0.179. The van der Waals surface area contributed by atoms with Crippen molar-refractivity contribution >= 4 is 22.6 Å². The van der Waals surface area contributed by atoms with E-state index in [2.05, 4.69) is 46.9 Å². The van der Waals surface area contributed by atoms with Crippen LogP contribution in [0, 0.1) is 9.39 Å². The van der Waals surface area contributed by atoms with E-state index < -0.39 is 5.54 Å². The number of nitrogens with two attached hydrogens (primary N) is 1. The highest BCUT2D eigenvalue weighted by molar-refractivity contribution is 14.1. The summed E-state index contributed by atoms with van der Waals surface area (Å²) in [7, 11) is 0. The van der Waals surface area contributed by atoms with E-state index in [-0.39, 0.29) is 5.82 Å². The lowest BCUT2D eigenvalue weighted by atomic mass is 9.87. The van der Waals surface area contributed by atoms with Gasteiger partial charge in [-0.2, -0.15) is 0 Å². The monoisotopic (exact) mass is 369 g/mol. The second-order valence-corrected chi connectivity index (χ2v) is 6.47. The van der Waals surface area contributed by atoms with E-state index >= 15 is 0 Å². The zero-order valence-corrected chi connectivity index (χ0v) is 13.0. The molecule has 1 nitrogen and oxygen atoms in total. The molecule has 0 fully saturated rings. The fourth-order valence-electron chi connectivity index (χ4n) is 2.21. The molecule has 0 aromatic heterocycles. The van der Waals surface area contributed by atoms with Crippen LogP contribution < -0.4 is 5.73 Å². The topological polar surface area (TPSA) is 26.0 Å². The molecule has 2 aromatic carbocycles. The fraction of sp³-hybridized carbons (Fsp3) is 0.250. The first-order valence-electron chi connectivity index (χ1n) is 6.23. The molecule has 1 unspecified atom stereocenters. The van der Waals surface area contributed by atoms with Crippen LogP contribution in [0.15, 0.2) is 48.5 Å². The van der Waals surface area contributed by atoms with Gasteiger partial charge in [0.2, 0.25) is 0 Å². The van der Waals surface area contributed by atoms with Crippen molar-refractivity contribution in [1.82, 2.24) is 0 Å². The lowest BCUT2D eigenvalue weighted by molar-refractivity contribution is 0.451. The number of benzene rings is 2. The molecule has 2 aromatic rings. The Labute approximate surface area is 127 Å². The SMILES string of the molecule is CC(N)(Cc1ccc(I)cc1)Cc1ccccc1F. The van der Waals surface area contributed by atoms with Crippen LogP contribution in [0.4, 0.5) is 4.39 Å². The molecule has 0 aliphatic carbocycles. The molecule has 100 valence electrons. The van der Waals surface area contributed by atoms with E-state index in [1.54, 1.807) is 12.1 Å². The fourth-order valence-corrected chi connectivity index (χ4v) is 2.57. The highest BCUT2D eigenvalue weighted by atomic mass is 127. The summed E-state index contributed by atoms with van der Waals surface area (Å²) in [6, 6.07) is 15.1. The van der Waals surface area contributed by atoms with Gasteiger partial charge < -0.3 is 5.73 Å². The van der Waals surface area contributed by atoms with Crippen molar-refractivity contribution in [2.45, 2.75) is 25.3 Å². The third kappa shape index (κ3) is 4.28. The molecule has 1 atom stereocenters. The van der Waals surface area contributed by atoms with E-state index in [4.69, 9.17) is 5.73 Å². The summed E-state index contributed by atoms with van der Waals surface area (Å²) in [5.74, 6) is -0.179.